The standard InChI is InChI=1S/C18H23NO3/c1-13-16(20)8-7-15-14(11-17(21)22-18(13)15)12-19-9-5-3-2-4-6-10-19/h7-8,11,20H,2-6,9-10,12H2,1H3/p+1. The van der Waals surface area contributed by atoms with Crippen molar-refractivity contribution >= 4 is 11.0 Å². The van der Waals surface area contributed by atoms with Gasteiger partial charge in [-0.1, -0.05) is 6.42 Å². The molecule has 0 atom stereocenters. The van der Waals surface area contributed by atoms with Gasteiger partial charge in [-0.25, -0.2) is 4.79 Å². The largest absolute Gasteiger partial charge is 0.508 e. The van der Waals surface area contributed by atoms with E-state index in [0.717, 1.165) is 17.5 Å². The molecule has 1 saturated heterocycles. The van der Waals surface area contributed by atoms with Gasteiger partial charge in [0.15, 0.2) is 0 Å². The number of aryl methyl sites for hydroxylation is 1. The molecule has 1 fully saturated rings. The van der Waals surface area contributed by atoms with Crippen LogP contribution in [0.1, 0.15) is 43.2 Å². The van der Waals surface area contributed by atoms with Crippen LogP contribution in [0.25, 0.3) is 11.0 Å². The lowest BCUT2D eigenvalue weighted by atomic mass is 10.0. The Morgan fingerprint density at radius 2 is 1.82 bits per heavy atom. The highest BCUT2D eigenvalue weighted by Gasteiger charge is 2.16. The van der Waals surface area contributed by atoms with Crippen molar-refractivity contribution in [2.45, 2.75) is 45.6 Å². The van der Waals surface area contributed by atoms with Gasteiger partial charge in [-0.05, 0) is 44.7 Å². The van der Waals surface area contributed by atoms with Gasteiger partial charge in [-0.2, -0.15) is 0 Å². The van der Waals surface area contributed by atoms with E-state index >= 15 is 0 Å². The Balaban J connectivity index is 1.95. The first-order valence-electron chi connectivity index (χ1n) is 8.24. The van der Waals surface area contributed by atoms with E-state index in [1.165, 1.54) is 50.1 Å². The molecular weight excluding hydrogens is 278 g/mol. The molecule has 0 aliphatic carbocycles. The molecule has 4 nitrogen and oxygen atoms in total. The van der Waals surface area contributed by atoms with Crippen LogP contribution in [0, 0.1) is 6.92 Å². The second-order valence-electron chi connectivity index (χ2n) is 6.37. The van der Waals surface area contributed by atoms with E-state index in [9.17, 15) is 9.90 Å². The SMILES string of the molecule is Cc1c(O)ccc2c(C[NH+]3CCCCCCC3)cc(=O)oc12. The molecule has 0 amide bonds. The van der Waals surface area contributed by atoms with Crippen LogP contribution >= 0.6 is 0 Å². The third kappa shape index (κ3) is 3.17. The van der Waals surface area contributed by atoms with Gasteiger partial charge in [-0.15, -0.1) is 0 Å². The topological polar surface area (TPSA) is 54.9 Å². The van der Waals surface area contributed by atoms with Crippen LogP contribution in [0.2, 0.25) is 0 Å². The number of nitrogens with one attached hydrogen (secondary N) is 1. The van der Waals surface area contributed by atoms with Crippen LogP contribution in [0.15, 0.2) is 27.4 Å². The number of likely N-dealkylation sites (tertiary alicyclic amines) is 1. The zero-order chi connectivity index (χ0) is 15.5. The molecule has 2 N–H and O–H groups in total. The van der Waals surface area contributed by atoms with Crippen molar-refractivity contribution in [2.75, 3.05) is 13.1 Å². The van der Waals surface area contributed by atoms with Gasteiger partial charge >= 0.3 is 5.63 Å². The molecular formula is C18H24NO3+. The maximum Gasteiger partial charge on any atom is 0.336 e. The van der Waals surface area contributed by atoms with Gasteiger partial charge in [-0.3, -0.25) is 0 Å². The lowest BCUT2D eigenvalue weighted by Gasteiger charge is -2.22. The Bertz CT molecular complexity index is 712. The molecule has 2 heterocycles. The lowest BCUT2D eigenvalue weighted by molar-refractivity contribution is -0.914. The quantitative estimate of drug-likeness (QED) is 0.836. The fourth-order valence-corrected chi connectivity index (χ4v) is 3.41. The van der Waals surface area contributed by atoms with Crippen molar-refractivity contribution < 1.29 is 14.4 Å². The average molecular weight is 302 g/mol. The molecule has 0 saturated carbocycles. The highest BCUT2D eigenvalue weighted by atomic mass is 16.4. The molecule has 22 heavy (non-hydrogen) atoms. The predicted molar refractivity (Wildman–Crippen MR) is 86.4 cm³/mol. The number of hydrogen-bond donors (Lipinski definition) is 2. The number of rotatable bonds is 2. The molecule has 3 rings (SSSR count). The smallest absolute Gasteiger partial charge is 0.336 e. The number of hydrogen-bond acceptors (Lipinski definition) is 3. The molecule has 0 radical (unpaired) electrons. The summed E-state index contributed by atoms with van der Waals surface area (Å²) in [5.41, 5.74) is 1.86. The summed E-state index contributed by atoms with van der Waals surface area (Å²) in [5.74, 6) is 0.173. The summed E-state index contributed by atoms with van der Waals surface area (Å²) >= 11 is 0. The molecule has 2 aromatic rings. The Hall–Kier alpha value is -1.81. The van der Waals surface area contributed by atoms with E-state index in [1.807, 2.05) is 6.07 Å². The van der Waals surface area contributed by atoms with E-state index in [-0.39, 0.29) is 11.4 Å². The van der Waals surface area contributed by atoms with Crippen LogP contribution in [0.5, 0.6) is 5.75 Å². The van der Waals surface area contributed by atoms with Gasteiger partial charge in [0.1, 0.15) is 17.9 Å². The van der Waals surface area contributed by atoms with Crippen LogP contribution in [-0.2, 0) is 6.54 Å². The van der Waals surface area contributed by atoms with Gasteiger partial charge in [0.05, 0.1) is 13.1 Å². The third-order valence-electron chi connectivity index (χ3n) is 4.72. The summed E-state index contributed by atoms with van der Waals surface area (Å²) in [4.78, 5) is 13.4. The maximum atomic E-state index is 11.9. The van der Waals surface area contributed by atoms with Gasteiger partial charge in [0.2, 0.25) is 0 Å². The Morgan fingerprint density at radius 1 is 1.14 bits per heavy atom. The van der Waals surface area contributed by atoms with Crippen molar-refractivity contribution in [3.8, 4) is 5.75 Å². The van der Waals surface area contributed by atoms with Crippen LogP contribution in [0.3, 0.4) is 0 Å². The Labute approximate surface area is 130 Å². The second-order valence-corrected chi connectivity index (χ2v) is 6.37. The van der Waals surface area contributed by atoms with Crippen molar-refractivity contribution in [3.63, 3.8) is 0 Å². The summed E-state index contributed by atoms with van der Waals surface area (Å²) in [5, 5.41) is 10.8. The summed E-state index contributed by atoms with van der Waals surface area (Å²) < 4.78 is 5.32. The van der Waals surface area contributed by atoms with Crippen molar-refractivity contribution in [1.82, 2.24) is 0 Å². The van der Waals surface area contributed by atoms with E-state index in [0.29, 0.717) is 11.1 Å². The fraction of sp³-hybridized carbons (Fsp3) is 0.500. The normalized spacial score (nSPS) is 17.3. The van der Waals surface area contributed by atoms with E-state index in [2.05, 4.69) is 0 Å². The molecule has 0 spiro atoms. The highest BCUT2D eigenvalue weighted by Crippen LogP contribution is 2.27. The first-order chi connectivity index (χ1) is 10.6. The number of phenolic OH excluding ortho intramolecular Hbond substituents is 1. The van der Waals surface area contributed by atoms with Gasteiger partial charge in [0, 0.05) is 22.6 Å². The zero-order valence-electron chi connectivity index (χ0n) is 13.2. The van der Waals surface area contributed by atoms with Crippen molar-refractivity contribution in [1.29, 1.82) is 0 Å². The van der Waals surface area contributed by atoms with Crippen LogP contribution in [-0.4, -0.2) is 18.2 Å². The van der Waals surface area contributed by atoms with Crippen LogP contribution in [0.4, 0.5) is 0 Å². The highest BCUT2D eigenvalue weighted by molar-refractivity contribution is 5.84. The first-order valence-corrected chi connectivity index (χ1v) is 8.24. The van der Waals surface area contributed by atoms with E-state index < -0.39 is 0 Å². The Kier molecular flexibility index (Phi) is 4.48. The number of benzene rings is 1. The number of aromatic hydroxyl groups is 1. The molecule has 1 aliphatic heterocycles. The Morgan fingerprint density at radius 3 is 2.55 bits per heavy atom. The molecule has 1 aliphatic rings. The van der Waals surface area contributed by atoms with Crippen molar-refractivity contribution in [2.24, 2.45) is 0 Å². The maximum absolute atomic E-state index is 11.9. The summed E-state index contributed by atoms with van der Waals surface area (Å²) in [7, 11) is 0. The molecule has 118 valence electrons. The number of quaternary nitrogens is 1. The van der Waals surface area contributed by atoms with E-state index in [4.69, 9.17) is 4.42 Å². The fourth-order valence-electron chi connectivity index (χ4n) is 3.41. The average Bonchev–Trinajstić information content (AvgIpc) is 2.46. The predicted octanol–water partition coefficient (Wildman–Crippen LogP) is 2.16. The minimum Gasteiger partial charge on any atom is -0.508 e. The minimum atomic E-state index is -0.331. The summed E-state index contributed by atoms with van der Waals surface area (Å²) in [6, 6.07) is 5.16. The molecule has 0 unspecified atom stereocenters. The number of fused-ring (bicyclic) bond motifs is 1. The summed E-state index contributed by atoms with van der Waals surface area (Å²) in [6.07, 6.45) is 6.50. The van der Waals surface area contributed by atoms with Crippen LogP contribution < -0.4 is 10.5 Å². The first kappa shape index (κ1) is 15.1. The summed E-state index contributed by atoms with van der Waals surface area (Å²) in [6.45, 7) is 4.97. The molecule has 1 aromatic carbocycles. The molecule has 0 bridgehead atoms. The number of phenols is 1. The second kappa shape index (κ2) is 6.53. The molecule has 4 heteroatoms. The third-order valence-corrected chi connectivity index (χ3v) is 4.72. The van der Waals surface area contributed by atoms with Gasteiger partial charge < -0.3 is 14.4 Å². The lowest BCUT2D eigenvalue weighted by Crippen LogP contribution is -3.10. The minimum absolute atomic E-state index is 0.173. The van der Waals surface area contributed by atoms with E-state index in [1.54, 1.807) is 19.1 Å². The molecule has 1 aromatic heterocycles. The monoisotopic (exact) mass is 302 g/mol. The van der Waals surface area contributed by atoms with Crippen molar-refractivity contribution in [3.05, 3.63) is 39.7 Å². The zero-order valence-corrected chi connectivity index (χ0v) is 13.2. The van der Waals surface area contributed by atoms with Gasteiger partial charge in [0.25, 0.3) is 0 Å².